The van der Waals surface area contributed by atoms with Crippen LogP contribution < -0.4 is 5.73 Å². The predicted molar refractivity (Wildman–Crippen MR) is 267 cm³/mol. The van der Waals surface area contributed by atoms with Crippen molar-refractivity contribution < 1.29 is 0 Å². The summed E-state index contributed by atoms with van der Waals surface area (Å²) in [7, 11) is 0. The first-order valence-electron chi connectivity index (χ1n) is 21.0. The van der Waals surface area contributed by atoms with Gasteiger partial charge in [-0.05, 0) is 125 Å². The van der Waals surface area contributed by atoms with Crippen molar-refractivity contribution in [3.63, 3.8) is 0 Å². The number of rotatable bonds is 4. The van der Waals surface area contributed by atoms with Gasteiger partial charge in [0.2, 0.25) is 0 Å². The Morgan fingerprint density at radius 3 is 1.13 bits per heavy atom. The quantitative estimate of drug-likeness (QED) is 0.0938. The highest BCUT2D eigenvalue weighted by atomic mass is 14.7. The summed E-state index contributed by atoms with van der Waals surface area (Å²) < 4.78 is 0. The summed E-state index contributed by atoms with van der Waals surface area (Å²) in [6.07, 6.45) is 9.43. The second-order valence-corrected chi connectivity index (χ2v) is 15.9. The first-order chi connectivity index (χ1) is 31.0. The SMILES string of the molecule is N=C1C=CC(c2c3ccccc3c(-c3cnc4ccccc4c3)c3ccccc23)=CC1=N.Nc1ccc(-c2c3ccccc3c(-c3cnc4ccccc4c3)c3ccccc23)cc1. The van der Waals surface area contributed by atoms with Crippen LogP contribution in [0.25, 0.3) is 104 Å². The molecule has 0 radical (unpaired) electrons. The molecule has 12 rings (SSSR count). The Morgan fingerprint density at radius 2 is 0.714 bits per heavy atom. The monoisotopic (exact) mass is 805 g/mol. The van der Waals surface area contributed by atoms with Gasteiger partial charge in [-0.15, -0.1) is 0 Å². The Balaban J connectivity index is 0.000000141. The van der Waals surface area contributed by atoms with Crippen molar-refractivity contribution in [1.29, 1.82) is 10.8 Å². The minimum Gasteiger partial charge on any atom is -0.399 e. The van der Waals surface area contributed by atoms with Crippen molar-refractivity contribution in [2.45, 2.75) is 0 Å². The molecule has 2 aromatic heterocycles. The molecule has 296 valence electrons. The Morgan fingerprint density at radius 1 is 0.349 bits per heavy atom. The Bertz CT molecular complexity index is 3610. The molecule has 1 aliphatic carbocycles. The zero-order chi connectivity index (χ0) is 42.4. The fourth-order valence-electron chi connectivity index (χ4n) is 9.27. The van der Waals surface area contributed by atoms with Gasteiger partial charge in [-0.25, -0.2) is 0 Å². The zero-order valence-electron chi connectivity index (χ0n) is 34.2. The number of nitrogens with one attached hydrogen (secondary N) is 2. The van der Waals surface area contributed by atoms with Crippen molar-refractivity contribution in [2.75, 3.05) is 5.73 Å². The van der Waals surface area contributed by atoms with Crippen LogP contribution in [0.1, 0.15) is 5.56 Å². The van der Waals surface area contributed by atoms with Crippen LogP contribution in [-0.4, -0.2) is 21.4 Å². The Hall–Kier alpha value is -8.54. The highest BCUT2D eigenvalue weighted by molar-refractivity contribution is 6.51. The number of pyridine rings is 2. The van der Waals surface area contributed by atoms with Gasteiger partial charge in [0.05, 0.1) is 22.5 Å². The molecule has 0 saturated carbocycles. The van der Waals surface area contributed by atoms with Gasteiger partial charge in [-0.2, -0.15) is 0 Å². The summed E-state index contributed by atoms with van der Waals surface area (Å²) in [5, 5.41) is 27.9. The molecule has 5 nitrogen and oxygen atoms in total. The molecule has 0 aliphatic heterocycles. The Labute approximate surface area is 364 Å². The number of allylic oxidation sites excluding steroid dienone is 4. The summed E-state index contributed by atoms with van der Waals surface area (Å²) in [4.78, 5) is 9.47. The smallest absolute Gasteiger partial charge is 0.0795 e. The average molecular weight is 806 g/mol. The summed E-state index contributed by atoms with van der Waals surface area (Å²) >= 11 is 0. The van der Waals surface area contributed by atoms with Gasteiger partial charge in [0.1, 0.15) is 0 Å². The number of fused-ring (bicyclic) bond motifs is 6. The number of nitrogens with two attached hydrogens (primary N) is 1. The van der Waals surface area contributed by atoms with E-state index in [0.717, 1.165) is 71.3 Å². The normalized spacial score (nSPS) is 12.6. The summed E-state index contributed by atoms with van der Waals surface area (Å²) in [6.45, 7) is 0. The molecular formula is C58H39N5. The lowest BCUT2D eigenvalue weighted by atomic mass is 9.84. The van der Waals surface area contributed by atoms with E-state index in [0.29, 0.717) is 0 Å². The van der Waals surface area contributed by atoms with Gasteiger partial charge >= 0.3 is 0 Å². The van der Waals surface area contributed by atoms with Crippen LogP contribution in [0.3, 0.4) is 0 Å². The molecule has 63 heavy (non-hydrogen) atoms. The van der Waals surface area contributed by atoms with E-state index in [4.69, 9.17) is 26.5 Å². The van der Waals surface area contributed by atoms with E-state index in [-0.39, 0.29) is 11.4 Å². The summed E-state index contributed by atoms with van der Waals surface area (Å²) in [5.74, 6) is 0. The fourth-order valence-corrected chi connectivity index (χ4v) is 9.27. The van der Waals surface area contributed by atoms with Crippen LogP contribution >= 0.6 is 0 Å². The third-order valence-corrected chi connectivity index (χ3v) is 12.1. The van der Waals surface area contributed by atoms with E-state index in [1.807, 2.05) is 54.9 Å². The molecule has 4 N–H and O–H groups in total. The molecule has 1 aliphatic rings. The number of anilines is 1. The standard InChI is InChI=1S/C29H19N3.C29H20N2/c30-25-14-13-19(16-26(25)31)28-21-8-2-4-10-23(21)29(24-11-5-3-9-22(24)28)20-15-18-7-1-6-12-27(18)32-17-20;30-22-15-13-19(14-16-22)28-23-8-2-4-10-25(23)29(26-11-5-3-9-24(26)28)21-17-20-7-1-6-12-27(20)31-18-21/h1-17,30-31H;1-18H,30H2. The minimum atomic E-state index is 0.235. The van der Waals surface area contributed by atoms with Gasteiger partial charge in [0.15, 0.2) is 0 Å². The van der Waals surface area contributed by atoms with Crippen LogP contribution in [0.5, 0.6) is 0 Å². The highest BCUT2D eigenvalue weighted by Crippen LogP contribution is 2.45. The summed E-state index contributed by atoms with van der Waals surface area (Å²) in [5.41, 5.74) is 18.3. The average Bonchev–Trinajstić information content (AvgIpc) is 3.33. The maximum atomic E-state index is 8.18. The molecule has 9 aromatic carbocycles. The number of hydrogen-bond donors (Lipinski definition) is 3. The number of aromatic nitrogens is 2. The van der Waals surface area contributed by atoms with Gasteiger partial charge in [-0.1, -0.05) is 152 Å². The lowest BCUT2D eigenvalue weighted by molar-refractivity contribution is 1.41. The van der Waals surface area contributed by atoms with Crippen molar-refractivity contribution in [2.24, 2.45) is 0 Å². The van der Waals surface area contributed by atoms with E-state index < -0.39 is 0 Å². The maximum absolute atomic E-state index is 8.18. The molecule has 5 heteroatoms. The lowest BCUT2D eigenvalue weighted by Gasteiger charge is -2.19. The first-order valence-corrected chi connectivity index (χ1v) is 21.0. The maximum Gasteiger partial charge on any atom is 0.0795 e. The number of hydrogen-bond acceptors (Lipinski definition) is 5. The number of benzene rings is 9. The molecule has 0 amide bonds. The van der Waals surface area contributed by atoms with Crippen LogP contribution in [0, 0.1) is 10.8 Å². The largest absolute Gasteiger partial charge is 0.399 e. The number of para-hydroxylation sites is 2. The van der Waals surface area contributed by atoms with Crippen LogP contribution in [0.2, 0.25) is 0 Å². The summed E-state index contributed by atoms with van der Waals surface area (Å²) in [6, 6.07) is 63.3. The second-order valence-electron chi connectivity index (χ2n) is 15.9. The molecule has 2 heterocycles. The van der Waals surface area contributed by atoms with E-state index in [1.54, 1.807) is 12.2 Å². The second kappa shape index (κ2) is 15.5. The Kier molecular flexibility index (Phi) is 9.21. The van der Waals surface area contributed by atoms with Crippen LogP contribution in [0.4, 0.5) is 5.69 Å². The van der Waals surface area contributed by atoms with E-state index in [9.17, 15) is 0 Å². The lowest BCUT2D eigenvalue weighted by Crippen LogP contribution is -2.10. The van der Waals surface area contributed by atoms with E-state index in [2.05, 4.69) is 146 Å². The van der Waals surface area contributed by atoms with Gasteiger partial charge in [0, 0.05) is 40.0 Å². The number of nitrogens with zero attached hydrogens (tertiary/aromatic N) is 2. The van der Waals surface area contributed by atoms with Crippen molar-refractivity contribution in [1.82, 2.24) is 9.97 Å². The fraction of sp³-hybridized carbons (Fsp3) is 0. The van der Waals surface area contributed by atoms with Gasteiger partial charge in [-0.3, -0.25) is 20.8 Å². The molecule has 11 aromatic rings. The molecular weight excluding hydrogens is 767 g/mol. The van der Waals surface area contributed by atoms with E-state index >= 15 is 0 Å². The molecule has 0 saturated heterocycles. The number of nitrogen functional groups attached to an aromatic ring is 1. The van der Waals surface area contributed by atoms with Crippen molar-refractivity contribution in [3.05, 3.63) is 218 Å². The van der Waals surface area contributed by atoms with Crippen molar-refractivity contribution >= 4 is 87.6 Å². The molecule has 0 fully saturated rings. The topological polar surface area (TPSA) is 99.5 Å². The highest BCUT2D eigenvalue weighted by Gasteiger charge is 2.20. The van der Waals surface area contributed by atoms with E-state index in [1.165, 1.54) is 43.8 Å². The van der Waals surface area contributed by atoms with Crippen molar-refractivity contribution in [3.8, 4) is 33.4 Å². The third kappa shape index (κ3) is 6.60. The predicted octanol–water partition coefficient (Wildman–Crippen LogP) is 14.7. The third-order valence-electron chi connectivity index (χ3n) is 12.1. The molecule has 0 atom stereocenters. The van der Waals surface area contributed by atoms with Crippen LogP contribution in [0.15, 0.2) is 213 Å². The van der Waals surface area contributed by atoms with Gasteiger partial charge < -0.3 is 5.73 Å². The zero-order valence-corrected chi connectivity index (χ0v) is 34.2. The molecule has 0 unspecified atom stereocenters. The first kappa shape index (κ1) is 37.5. The molecule has 0 spiro atoms. The molecule has 0 bridgehead atoms. The van der Waals surface area contributed by atoms with Gasteiger partial charge in [0.25, 0.3) is 0 Å². The van der Waals surface area contributed by atoms with Crippen LogP contribution in [-0.2, 0) is 0 Å². The minimum absolute atomic E-state index is 0.235.